The first-order chi connectivity index (χ1) is 13.0. The molecule has 0 aliphatic carbocycles. The first kappa shape index (κ1) is 18.7. The highest BCUT2D eigenvalue weighted by atomic mass is 16.4. The number of amides is 1. The van der Waals surface area contributed by atoms with E-state index < -0.39 is 5.97 Å². The lowest BCUT2D eigenvalue weighted by molar-refractivity contribution is -0.137. The Bertz CT molecular complexity index is 974. The molecule has 27 heavy (non-hydrogen) atoms. The number of hydrogen-bond donors (Lipinski definition) is 2. The molecule has 0 radical (unpaired) electrons. The Balaban J connectivity index is 2.09. The molecule has 1 heterocycles. The molecule has 3 rings (SSSR count). The van der Waals surface area contributed by atoms with Gasteiger partial charge in [-0.3, -0.25) is 9.59 Å². The molecule has 3 N–H and O–H groups in total. The van der Waals surface area contributed by atoms with E-state index in [-0.39, 0.29) is 18.7 Å². The number of aromatic nitrogens is 1. The Kier molecular flexibility index (Phi) is 5.60. The van der Waals surface area contributed by atoms with Gasteiger partial charge < -0.3 is 15.4 Å². The predicted octanol–water partition coefficient (Wildman–Crippen LogP) is 3.43. The van der Waals surface area contributed by atoms with Crippen molar-refractivity contribution in [3.63, 3.8) is 0 Å². The molecule has 0 atom stereocenters. The number of nitrogens with zero attached hydrogens (tertiary/aromatic N) is 1. The van der Waals surface area contributed by atoms with E-state index in [9.17, 15) is 9.59 Å². The zero-order valence-electron chi connectivity index (χ0n) is 15.4. The third-order valence-corrected chi connectivity index (χ3v) is 4.93. The second-order valence-corrected chi connectivity index (χ2v) is 6.84. The van der Waals surface area contributed by atoms with Crippen LogP contribution in [0.15, 0.2) is 48.5 Å². The number of carbonyl (C=O) groups excluding carboxylic acids is 1. The maximum absolute atomic E-state index is 11.7. The van der Waals surface area contributed by atoms with Crippen molar-refractivity contribution in [3.05, 3.63) is 70.9 Å². The van der Waals surface area contributed by atoms with Crippen LogP contribution in [0.2, 0.25) is 0 Å². The Morgan fingerprint density at radius 1 is 1.07 bits per heavy atom. The first-order valence-corrected chi connectivity index (χ1v) is 9.11. The number of rotatable bonds is 8. The Labute approximate surface area is 158 Å². The van der Waals surface area contributed by atoms with E-state index in [0.717, 1.165) is 27.7 Å². The molecule has 1 amide bonds. The van der Waals surface area contributed by atoms with Gasteiger partial charge in [0, 0.05) is 29.6 Å². The lowest BCUT2D eigenvalue weighted by atomic mass is 9.98. The number of carbonyl (C=O) groups is 2. The third kappa shape index (κ3) is 4.19. The number of primary amides is 1. The lowest BCUT2D eigenvalue weighted by Crippen LogP contribution is -2.14. The minimum Gasteiger partial charge on any atom is -0.481 e. The predicted molar refractivity (Wildman–Crippen MR) is 106 cm³/mol. The van der Waals surface area contributed by atoms with Gasteiger partial charge in [0.15, 0.2) is 0 Å². The molecule has 0 fully saturated rings. The average molecular weight is 364 g/mol. The van der Waals surface area contributed by atoms with Crippen LogP contribution in [0, 0.1) is 6.92 Å². The fraction of sp³-hybridized carbons (Fsp3) is 0.273. The van der Waals surface area contributed by atoms with Gasteiger partial charge in [0.25, 0.3) is 0 Å². The molecule has 1 aromatic heterocycles. The fourth-order valence-corrected chi connectivity index (χ4v) is 3.68. The second kappa shape index (κ2) is 8.08. The molecular formula is C22H24N2O3. The number of benzene rings is 2. The first-order valence-electron chi connectivity index (χ1n) is 9.11. The molecular weight excluding hydrogens is 340 g/mol. The van der Waals surface area contributed by atoms with Crippen LogP contribution in [-0.4, -0.2) is 21.6 Å². The SMILES string of the molecule is Cc1c(CC(N)=O)c2c(CCCC(=O)O)cccc2n1Cc1ccccc1. The largest absolute Gasteiger partial charge is 0.481 e. The van der Waals surface area contributed by atoms with Crippen LogP contribution < -0.4 is 5.73 Å². The fourth-order valence-electron chi connectivity index (χ4n) is 3.68. The van der Waals surface area contributed by atoms with Crippen molar-refractivity contribution in [1.29, 1.82) is 0 Å². The summed E-state index contributed by atoms with van der Waals surface area (Å²) in [5.41, 5.74) is 10.8. The molecule has 0 spiro atoms. The van der Waals surface area contributed by atoms with E-state index in [1.54, 1.807) is 0 Å². The van der Waals surface area contributed by atoms with Crippen molar-refractivity contribution in [2.75, 3.05) is 0 Å². The minimum atomic E-state index is -0.794. The van der Waals surface area contributed by atoms with E-state index in [1.165, 1.54) is 5.56 Å². The molecule has 0 unspecified atom stereocenters. The van der Waals surface area contributed by atoms with Crippen LogP contribution in [0.25, 0.3) is 10.9 Å². The van der Waals surface area contributed by atoms with Gasteiger partial charge in [-0.15, -0.1) is 0 Å². The Hall–Kier alpha value is -3.08. The summed E-state index contributed by atoms with van der Waals surface area (Å²) in [5, 5.41) is 9.96. The molecule has 5 heteroatoms. The van der Waals surface area contributed by atoms with Gasteiger partial charge in [-0.1, -0.05) is 42.5 Å². The highest BCUT2D eigenvalue weighted by Gasteiger charge is 2.18. The number of aryl methyl sites for hydroxylation is 1. The topological polar surface area (TPSA) is 85.3 Å². The maximum atomic E-state index is 11.7. The lowest BCUT2D eigenvalue weighted by Gasteiger charge is -2.09. The van der Waals surface area contributed by atoms with Crippen molar-refractivity contribution in [2.45, 2.75) is 39.2 Å². The number of fused-ring (bicyclic) bond motifs is 1. The monoisotopic (exact) mass is 364 g/mol. The molecule has 0 aliphatic heterocycles. The highest BCUT2D eigenvalue weighted by Crippen LogP contribution is 2.31. The molecule has 0 saturated heterocycles. The summed E-state index contributed by atoms with van der Waals surface area (Å²) in [4.78, 5) is 22.5. The second-order valence-electron chi connectivity index (χ2n) is 6.84. The number of aliphatic carboxylic acids is 1. The minimum absolute atomic E-state index is 0.130. The summed E-state index contributed by atoms with van der Waals surface area (Å²) >= 11 is 0. The van der Waals surface area contributed by atoms with E-state index >= 15 is 0 Å². The summed E-state index contributed by atoms with van der Waals surface area (Å²) in [6.07, 6.45) is 1.53. The van der Waals surface area contributed by atoms with E-state index in [1.807, 2.05) is 37.3 Å². The van der Waals surface area contributed by atoms with Crippen LogP contribution in [-0.2, 0) is 29.0 Å². The van der Waals surface area contributed by atoms with Gasteiger partial charge in [-0.2, -0.15) is 0 Å². The molecule has 3 aromatic rings. The van der Waals surface area contributed by atoms with Crippen LogP contribution >= 0.6 is 0 Å². The molecule has 0 saturated carbocycles. The zero-order chi connectivity index (χ0) is 19.4. The number of carboxylic acids is 1. The molecule has 0 bridgehead atoms. The van der Waals surface area contributed by atoms with Crippen LogP contribution in [0.3, 0.4) is 0 Å². The quantitative estimate of drug-likeness (QED) is 0.642. The molecule has 0 aliphatic rings. The van der Waals surface area contributed by atoms with Crippen molar-refractivity contribution in [1.82, 2.24) is 4.57 Å². The standard InChI is InChI=1S/C22H24N2O3/c1-15-18(13-20(23)25)22-17(10-6-12-21(26)27)9-5-11-19(22)24(15)14-16-7-3-2-4-8-16/h2-5,7-9,11H,6,10,12-14H2,1H3,(H2,23,25)(H,26,27). The summed E-state index contributed by atoms with van der Waals surface area (Å²) in [6, 6.07) is 16.2. The van der Waals surface area contributed by atoms with Gasteiger partial charge in [-0.25, -0.2) is 0 Å². The summed E-state index contributed by atoms with van der Waals surface area (Å²) in [7, 11) is 0. The molecule has 5 nitrogen and oxygen atoms in total. The van der Waals surface area contributed by atoms with Gasteiger partial charge in [0.1, 0.15) is 0 Å². The van der Waals surface area contributed by atoms with Gasteiger partial charge in [0.05, 0.1) is 6.42 Å². The average Bonchev–Trinajstić information content (AvgIpc) is 2.88. The molecule has 2 aromatic carbocycles. The van der Waals surface area contributed by atoms with Crippen molar-refractivity contribution < 1.29 is 14.7 Å². The van der Waals surface area contributed by atoms with E-state index in [2.05, 4.69) is 22.8 Å². The van der Waals surface area contributed by atoms with Crippen LogP contribution in [0.4, 0.5) is 0 Å². The Morgan fingerprint density at radius 2 is 1.81 bits per heavy atom. The van der Waals surface area contributed by atoms with Gasteiger partial charge >= 0.3 is 5.97 Å². The smallest absolute Gasteiger partial charge is 0.303 e. The van der Waals surface area contributed by atoms with Crippen LogP contribution in [0.1, 0.15) is 35.2 Å². The molecule has 140 valence electrons. The normalized spacial score (nSPS) is 11.0. The van der Waals surface area contributed by atoms with Gasteiger partial charge in [-0.05, 0) is 42.5 Å². The van der Waals surface area contributed by atoms with Crippen molar-refractivity contribution in [2.24, 2.45) is 5.73 Å². The van der Waals surface area contributed by atoms with Crippen molar-refractivity contribution >= 4 is 22.8 Å². The highest BCUT2D eigenvalue weighted by molar-refractivity contribution is 5.92. The number of nitrogens with two attached hydrogens (primary N) is 1. The van der Waals surface area contributed by atoms with Gasteiger partial charge in [0.2, 0.25) is 5.91 Å². The third-order valence-electron chi connectivity index (χ3n) is 4.93. The summed E-state index contributed by atoms with van der Waals surface area (Å²) in [5.74, 6) is -1.16. The summed E-state index contributed by atoms with van der Waals surface area (Å²) < 4.78 is 2.21. The zero-order valence-corrected chi connectivity index (χ0v) is 15.4. The van der Waals surface area contributed by atoms with Crippen LogP contribution in [0.5, 0.6) is 0 Å². The van der Waals surface area contributed by atoms with E-state index in [0.29, 0.717) is 19.4 Å². The maximum Gasteiger partial charge on any atom is 0.303 e. The summed E-state index contributed by atoms with van der Waals surface area (Å²) in [6.45, 7) is 2.72. The number of carboxylic acid groups (broad SMARTS) is 1. The van der Waals surface area contributed by atoms with Crippen molar-refractivity contribution in [3.8, 4) is 0 Å². The van der Waals surface area contributed by atoms with E-state index in [4.69, 9.17) is 10.8 Å². The number of hydrogen-bond acceptors (Lipinski definition) is 2. The Morgan fingerprint density at radius 3 is 2.48 bits per heavy atom.